The maximum Gasteiger partial charge on any atom is 0.326 e. The van der Waals surface area contributed by atoms with Crippen molar-refractivity contribution in [1.29, 1.82) is 0 Å². The summed E-state index contributed by atoms with van der Waals surface area (Å²) in [6.45, 7) is 0.172. The Labute approximate surface area is 194 Å². The van der Waals surface area contributed by atoms with E-state index in [4.69, 9.17) is 0 Å². The largest absolute Gasteiger partial charge is 0.356 e. The van der Waals surface area contributed by atoms with Gasteiger partial charge < -0.3 is 14.9 Å². The highest BCUT2D eigenvalue weighted by Crippen LogP contribution is 2.41. The van der Waals surface area contributed by atoms with Gasteiger partial charge in [-0.1, -0.05) is 6.07 Å². The van der Waals surface area contributed by atoms with E-state index in [0.717, 1.165) is 17.4 Å². The third-order valence-corrected chi connectivity index (χ3v) is 6.69. The molecule has 2 N–H and O–H groups in total. The predicted octanol–water partition coefficient (Wildman–Crippen LogP) is 3.77. The van der Waals surface area contributed by atoms with Crippen LogP contribution in [0.4, 0.5) is 20.6 Å². The van der Waals surface area contributed by atoms with Gasteiger partial charge in [0.15, 0.2) is 9.84 Å². The fourth-order valence-corrected chi connectivity index (χ4v) is 5.14. The summed E-state index contributed by atoms with van der Waals surface area (Å²) >= 11 is 0. The number of nitrogens with zero attached hydrogens (tertiary/aromatic N) is 2. The molecule has 1 aliphatic rings. The van der Waals surface area contributed by atoms with Gasteiger partial charge in [0.05, 0.1) is 18.0 Å². The lowest BCUT2D eigenvalue weighted by Crippen LogP contribution is -2.34. The van der Waals surface area contributed by atoms with Gasteiger partial charge >= 0.3 is 6.03 Å². The van der Waals surface area contributed by atoms with Crippen LogP contribution in [0.25, 0.3) is 22.0 Å². The molecule has 174 valence electrons. The Bertz CT molecular complexity index is 1620. The van der Waals surface area contributed by atoms with E-state index in [1.807, 2.05) is 0 Å². The number of sulfone groups is 1. The lowest BCUT2D eigenvalue weighted by molar-refractivity contribution is 0.256. The molecule has 0 saturated heterocycles. The number of carbonyl (C=O) groups is 1. The molecule has 34 heavy (non-hydrogen) atoms. The zero-order chi connectivity index (χ0) is 24.2. The number of aryl methyl sites for hydroxylation is 1. The first-order valence-corrected chi connectivity index (χ1v) is 12.5. The number of carbonyl (C=O) groups excluding carboxylic acids is 1. The minimum absolute atomic E-state index is 0.156. The second-order valence-electron chi connectivity index (χ2n) is 8.47. The Morgan fingerprint density at radius 3 is 2.59 bits per heavy atom. The molecule has 2 aromatic carbocycles. The molecule has 2 aromatic heterocycles. The fraction of sp³-hybridized carbons (Fsp3) is 0.167. The number of nitrogens with one attached hydrogen (secondary N) is 2. The van der Waals surface area contributed by atoms with Gasteiger partial charge in [-0.25, -0.2) is 17.6 Å². The van der Waals surface area contributed by atoms with Crippen LogP contribution < -0.4 is 15.8 Å². The van der Waals surface area contributed by atoms with E-state index in [1.54, 1.807) is 37.6 Å². The fourth-order valence-electron chi connectivity index (χ4n) is 4.35. The number of rotatable bonds is 3. The van der Waals surface area contributed by atoms with Crippen molar-refractivity contribution < 1.29 is 17.6 Å². The summed E-state index contributed by atoms with van der Waals surface area (Å²) in [4.78, 5) is 30.6. The standard InChI is InChI=1S/C24H21FN4O4S/c1-28-12-19-18-9-14(13-34(2,32)33)3-8-20(18)29(11-15-10-26-22(21(15)19)23(28)30)24(31)27-17-6-4-16(25)5-7-17/h3-10,12,26H,11,13H2,1-2H3,(H,27,31). The molecule has 0 aliphatic carbocycles. The molecule has 8 nitrogen and oxygen atoms in total. The second-order valence-corrected chi connectivity index (χ2v) is 10.6. The van der Waals surface area contributed by atoms with Crippen molar-refractivity contribution in [3.8, 4) is 11.1 Å². The zero-order valence-electron chi connectivity index (χ0n) is 18.4. The molecule has 1 aliphatic heterocycles. The molecule has 3 heterocycles. The van der Waals surface area contributed by atoms with Crippen LogP contribution in [0.3, 0.4) is 0 Å². The van der Waals surface area contributed by atoms with Crippen LogP contribution in [-0.2, 0) is 29.2 Å². The summed E-state index contributed by atoms with van der Waals surface area (Å²) in [6, 6.07) is 10.1. The van der Waals surface area contributed by atoms with Gasteiger partial charge in [-0.3, -0.25) is 9.69 Å². The number of hydrogen-bond donors (Lipinski definition) is 2. The molecule has 0 unspecified atom stereocenters. The van der Waals surface area contributed by atoms with Crippen LogP contribution in [0.1, 0.15) is 11.1 Å². The number of aromatic amines is 1. The average Bonchev–Trinajstić information content (AvgIpc) is 3.14. The highest BCUT2D eigenvalue weighted by molar-refractivity contribution is 7.89. The Balaban J connectivity index is 1.69. The molecule has 0 fully saturated rings. The number of aromatic nitrogens is 2. The smallest absolute Gasteiger partial charge is 0.326 e. The molecule has 0 bridgehead atoms. The van der Waals surface area contributed by atoms with E-state index >= 15 is 0 Å². The van der Waals surface area contributed by atoms with Crippen molar-refractivity contribution in [3.05, 3.63) is 82.2 Å². The van der Waals surface area contributed by atoms with Crippen molar-refractivity contribution >= 4 is 38.1 Å². The van der Waals surface area contributed by atoms with Crippen LogP contribution in [0.5, 0.6) is 0 Å². The summed E-state index contributed by atoms with van der Waals surface area (Å²) < 4.78 is 38.6. The van der Waals surface area contributed by atoms with Crippen LogP contribution in [0, 0.1) is 5.82 Å². The lowest BCUT2D eigenvalue weighted by atomic mass is 9.99. The summed E-state index contributed by atoms with van der Waals surface area (Å²) in [7, 11) is -1.65. The molecule has 5 rings (SSSR count). The van der Waals surface area contributed by atoms with Crippen molar-refractivity contribution in [2.75, 3.05) is 16.5 Å². The topological polar surface area (TPSA) is 104 Å². The lowest BCUT2D eigenvalue weighted by Gasteiger charge is -2.24. The SMILES string of the molecule is Cn1cc2c3c(c[nH]c3c1=O)CN(C(=O)Nc1ccc(F)cc1)c1ccc(CS(C)(=O)=O)cc1-2. The van der Waals surface area contributed by atoms with Gasteiger partial charge in [-0.05, 0) is 47.5 Å². The Kier molecular flexibility index (Phi) is 5.05. The van der Waals surface area contributed by atoms with Crippen molar-refractivity contribution in [3.63, 3.8) is 0 Å². The van der Waals surface area contributed by atoms with E-state index < -0.39 is 21.7 Å². The summed E-state index contributed by atoms with van der Waals surface area (Å²) in [5, 5.41) is 3.47. The predicted molar refractivity (Wildman–Crippen MR) is 129 cm³/mol. The van der Waals surface area contributed by atoms with Crippen molar-refractivity contribution in [1.82, 2.24) is 9.55 Å². The molecule has 0 radical (unpaired) electrons. The van der Waals surface area contributed by atoms with E-state index in [2.05, 4.69) is 10.3 Å². The molecule has 10 heteroatoms. The number of urea groups is 1. The first kappa shape index (κ1) is 21.9. The highest BCUT2D eigenvalue weighted by atomic mass is 32.2. The van der Waals surface area contributed by atoms with Crippen molar-refractivity contribution in [2.24, 2.45) is 7.05 Å². The number of anilines is 2. The van der Waals surface area contributed by atoms with Crippen LogP contribution in [-0.4, -0.2) is 30.3 Å². The number of halogens is 1. The van der Waals surface area contributed by atoms with Crippen molar-refractivity contribution in [2.45, 2.75) is 12.3 Å². The first-order chi connectivity index (χ1) is 16.1. The number of benzene rings is 2. The molecule has 4 aromatic rings. The van der Waals surface area contributed by atoms with Gasteiger partial charge in [0, 0.05) is 47.9 Å². The van der Waals surface area contributed by atoms with E-state index in [1.165, 1.54) is 33.7 Å². The maximum absolute atomic E-state index is 13.4. The van der Waals surface area contributed by atoms with Gasteiger partial charge in [0.2, 0.25) is 0 Å². The normalized spacial score (nSPS) is 13.0. The minimum Gasteiger partial charge on any atom is -0.356 e. The number of H-pyrrole nitrogens is 1. The molecular formula is C24H21FN4O4S. The maximum atomic E-state index is 13.4. The van der Waals surface area contributed by atoms with Crippen LogP contribution >= 0.6 is 0 Å². The Hall–Kier alpha value is -3.92. The van der Waals surface area contributed by atoms with Gasteiger partial charge in [-0.2, -0.15) is 0 Å². The first-order valence-electron chi connectivity index (χ1n) is 10.5. The molecule has 0 saturated carbocycles. The number of amides is 2. The van der Waals surface area contributed by atoms with Crippen LogP contribution in [0.2, 0.25) is 0 Å². The quantitative estimate of drug-likeness (QED) is 0.466. The Morgan fingerprint density at radius 2 is 1.88 bits per heavy atom. The van der Waals surface area contributed by atoms with E-state index in [0.29, 0.717) is 33.4 Å². The second kappa shape index (κ2) is 7.84. The highest BCUT2D eigenvalue weighted by Gasteiger charge is 2.28. The third-order valence-electron chi connectivity index (χ3n) is 5.83. The molecule has 2 amide bonds. The summed E-state index contributed by atoms with van der Waals surface area (Å²) in [6.07, 6.45) is 4.57. The number of hydrogen-bond acceptors (Lipinski definition) is 4. The monoisotopic (exact) mass is 480 g/mol. The van der Waals surface area contributed by atoms with Gasteiger partial charge in [0.25, 0.3) is 5.56 Å². The van der Waals surface area contributed by atoms with E-state index in [-0.39, 0.29) is 17.9 Å². The molecule has 0 spiro atoms. The number of fused-ring (bicyclic) bond motifs is 2. The zero-order valence-corrected chi connectivity index (χ0v) is 19.2. The Morgan fingerprint density at radius 1 is 1.15 bits per heavy atom. The summed E-state index contributed by atoms with van der Waals surface area (Å²) in [5.41, 5.74) is 3.87. The third kappa shape index (κ3) is 3.86. The number of pyridine rings is 1. The van der Waals surface area contributed by atoms with Gasteiger partial charge in [-0.15, -0.1) is 0 Å². The van der Waals surface area contributed by atoms with Crippen LogP contribution in [0.15, 0.2) is 59.7 Å². The average molecular weight is 481 g/mol. The minimum atomic E-state index is -3.29. The van der Waals surface area contributed by atoms with E-state index in [9.17, 15) is 22.4 Å². The summed E-state index contributed by atoms with van der Waals surface area (Å²) in [5.74, 6) is -0.570. The molecular weight excluding hydrogens is 459 g/mol. The van der Waals surface area contributed by atoms with Gasteiger partial charge in [0.1, 0.15) is 11.3 Å². The molecule has 0 atom stereocenters.